The summed E-state index contributed by atoms with van der Waals surface area (Å²) in [5.74, 6) is -1.10. The molecule has 1 aliphatic heterocycles. The van der Waals surface area contributed by atoms with E-state index in [1.807, 2.05) is 0 Å². The maximum absolute atomic E-state index is 12.4. The Morgan fingerprint density at radius 2 is 1.77 bits per heavy atom. The zero-order chi connectivity index (χ0) is 18.8. The lowest BCUT2D eigenvalue weighted by molar-refractivity contribution is -0.121. The van der Waals surface area contributed by atoms with Gasteiger partial charge in [-0.3, -0.25) is 14.4 Å². The molecule has 0 aromatic heterocycles. The number of methoxy groups -OCH3 is 2. The van der Waals surface area contributed by atoms with Gasteiger partial charge in [-0.2, -0.15) is 0 Å². The topological polar surface area (TPSA) is 98.9 Å². The molecule has 2 aromatic rings. The van der Waals surface area contributed by atoms with Crippen molar-refractivity contribution in [2.75, 3.05) is 20.0 Å². The van der Waals surface area contributed by atoms with E-state index in [4.69, 9.17) is 15.2 Å². The van der Waals surface area contributed by atoms with Crippen molar-refractivity contribution >= 4 is 29.5 Å². The number of imide groups is 3. The number of hydrogen-bond donors (Lipinski definition) is 1. The number of carbonyl (C=O) groups excluding carboxylic acids is 3. The Labute approximate surface area is 149 Å². The lowest BCUT2D eigenvalue weighted by atomic mass is 10.1. The number of amides is 3. The van der Waals surface area contributed by atoms with Gasteiger partial charge in [0, 0.05) is 11.8 Å². The zero-order valence-corrected chi connectivity index (χ0v) is 14.2. The van der Waals surface area contributed by atoms with Crippen molar-refractivity contribution in [2.45, 2.75) is 0 Å². The standard InChI is InChI=1S/C19H16N2O5/c1-25-14-8-6-11(10-15(14)26-2)7-9-16(22)21-18(23)12-4-3-5-13(20)17(12)19(21)24/h3-10H,20H2,1-2H3/b9-7+. The van der Waals surface area contributed by atoms with E-state index in [0.717, 1.165) is 6.08 Å². The van der Waals surface area contributed by atoms with Crippen LogP contribution in [-0.4, -0.2) is 36.8 Å². The molecular weight excluding hydrogens is 336 g/mol. The molecule has 0 atom stereocenters. The first-order chi connectivity index (χ1) is 12.5. The van der Waals surface area contributed by atoms with Crippen LogP contribution in [0.2, 0.25) is 0 Å². The summed E-state index contributed by atoms with van der Waals surface area (Å²) in [6, 6.07) is 9.61. The van der Waals surface area contributed by atoms with Crippen LogP contribution in [0.25, 0.3) is 6.08 Å². The first-order valence-corrected chi connectivity index (χ1v) is 7.69. The summed E-state index contributed by atoms with van der Waals surface area (Å²) in [5.41, 5.74) is 6.76. The first-order valence-electron chi connectivity index (χ1n) is 7.69. The van der Waals surface area contributed by atoms with Gasteiger partial charge in [0.05, 0.1) is 25.3 Å². The molecule has 2 N–H and O–H groups in total. The van der Waals surface area contributed by atoms with Gasteiger partial charge < -0.3 is 15.2 Å². The molecule has 0 saturated carbocycles. The third kappa shape index (κ3) is 2.79. The fourth-order valence-electron chi connectivity index (χ4n) is 2.71. The molecule has 26 heavy (non-hydrogen) atoms. The number of nitrogen functional groups attached to an aromatic ring is 1. The van der Waals surface area contributed by atoms with Gasteiger partial charge in [-0.1, -0.05) is 12.1 Å². The highest BCUT2D eigenvalue weighted by Gasteiger charge is 2.40. The van der Waals surface area contributed by atoms with E-state index < -0.39 is 17.7 Å². The molecule has 0 bridgehead atoms. The van der Waals surface area contributed by atoms with Crippen LogP contribution >= 0.6 is 0 Å². The number of fused-ring (bicyclic) bond motifs is 1. The minimum absolute atomic E-state index is 0.0605. The van der Waals surface area contributed by atoms with Crippen molar-refractivity contribution in [1.29, 1.82) is 0 Å². The molecule has 3 rings (SSSR count). The second kappa shape index (κ2) is 6.72. The maximum atomic E-state index is 12.4. The molecule has 0 aliphatic carbocycles. The number of benzene rings is 2. The van der Waals surface area contributed by atoms with Gasteiger partial charge in [-0.25, -0.2) is 4.90 Å². The van der Waals surface area contributed by atoms with E-state index in [0.29, 0.717) is 22.0 Å². The van der Waals surface area contributed by atoms with E-state index in [9.17, 15) is 14.4 Å². The molecule has 1 heterocycles. The highest BCUT2D eigenvalue weighted by atomic mass is 16.5. The molecule has 2 aromatic carbocycles. The Morgan fingerprint density at radius 3 is 2.42 bits per heavy atom. The molecule has 0 radical (unpaired) electrons. The lowest BCUT2D eigenvalue weighted by Gasteiger charge is -2.09. The number of nitrogens with zero attached hydrogens (tertiary/aromatic N) is 1. The largest absolute Gasteiger partial charge is 0.493 e. The second-order valence-electron chi connectivity index (χ2n) is 5.50. The maximum Gasteiger partial charge on any atom is 0.270 e. The van der Waals surface area contributed by atoms with Crippen molar-refractivity contribution in [2.24, 2.45) is 0 Å². The van der Waals surface area contributed by atoms with Gasteiger partial charge in [-0.05, 0) is 35.9 Å². The molecule has 7 nitrogen and oxygen atoms in total. The fourth-order valence-corrected chi connectivity index (χ4v) is 2.71. The SMILES string of the molecule is COc1ccc(/C=C/C(=O)N2C(=O)c3cccc(N)c3C2=O)cc1OC. The summed E-state index contributed by atoms with van der Waals surface area (Å²) in [4.78, 5) is 37.7. The van der Waals surface area contributed by atoms with Crippen LogP contribution in [0.3, 0.4) is 0 Å². The molecule has 0 spiro atoms. The Bertz CT molecular complexity index is 949. The number of carbonyl (C=O) groups is 3. The smallest absolute Gasteiger partial charge is 0.270 e. The Kier molecular flexibility index (Phi) is 4.45. The van der Waals surface area contributed by atoms with Crippen LogP contribution in [0.4, 0.5) is 5.69 Å². The molecule has 0 saturated heterocycles. The normalized spacial score (nSPS) is 13.2. The predicted octanol–water partition coefficient (Wildman–Crippen LogP) is 2.12. The van der Waals surface area contributed by atoms with Crippen LogP contribution in [-0.2, 0) is 4.79 Å². The monoisotopic (exact) mass is 352 g/mol. The van der Waals surface area contributed by atoms with E-state index in [-0.39, 0.29) is 16.8 Å². The van der Waals surface area contributed by atoms with Crippen LogP contribution < -0.4 is 15.2 Å². The molecule has 0 fully saturated rings. The van der Waals surface area contributed by atoms with Crippen LogP contribution in [0.1, 0.15) is 26.3 Å². The minimum Gasteiger partial charge on any atom is -0.493 e. The number of rotatable bonds is 4. The van der Waals surface area contributed by atoms with Crippen molar-refractivity contribution in [3.63, 3.8) is 0 Å². The first kappa shape index (κ1) is 17.2. The van der Waals surface area contributed by atoms with Gasteiger partial charge in [0.2, 0.25) is 0 Å². The third-order valence-electron chi connectivity index (χ3n) is 3.99. The zero-order valence-electron chi connectivity index (χ0n) is 14.2. The van der Waals surface area contributed by atoms with E-state index in [1.165, 1.54) is 32.4 Å². The van der Waals surface area contributed by atoms with Gasteiger partial charge in [0.15, 0.2) is 11.5 Å². The summed E-state index contributed by atoms with van der Waals surface area (Å²) in [6.45, 7) is 0. The van der Waals surface area contributed by atoms with Gasteiger partial charge in [0.1, 0.15) is 0 Å². The average molecular weight is 352 g/mol. The number of nitrogens with two attached hydrogens (primary N) is 1. The van der Waals surface area contributed by atoms with Crippen LogP contribution in [0, 0.1) is 0 Å². The molecule has 132 valence electrons. The van der Waals surface area contributed by atoms with Gasteiger partial charge in [0.25, 0.3) is 17.7 Å². The number of hydrogen-bond acceptors (Lipinski definition) is 6. The summed E-state index contributed by atoms with van der Waals surface area (Å²) >= 11 is 0. The average Bonchev–Trinajstić information content (AvgIpc) is 2.91. The molecule has 1 aliphatic rings. The Hall–Kier alpha value is -3.61. The van der Waals surface area contributed by atoms with Crippen molar-refractivity contribution in [3.05, 3.63) is 59.2 Å². The minimum atomic E-state index is -0.745. The highest BCUT2D eigenvalue weighted by Crippen LogP contribution is 2.29. The summed E-state index contributed by atoms with van der Waals surface area (Å²) in [6.07, 6.45) is 2.64. The van der Waals surface area contributed by atoms with Crippen molar-refractivity contribution in [1.82, 2.24) is 4.90 Å². The number of ether oxygens (including phenoxy) is 2. The quantitative estimate of drug-likeness (QED) is 0.514. The highest BCUT2D eigenvalue weighted by molar-refractivity contribution is 6.32. The van der Waals surface area contributed by atoms with Crippen molar-refractivity contribution in [3.8, 4) is 11.5 Å². The summed E-state index contributed by atoms with van der Waals surface area (Å²) < 4.78 is 10.3. The Balaban J connectivity index is 1.85. The molecular formula is C19H16N2O5. The summed E-state index contributed by atoms with van der Waals surface area (Å²) in [5, 5.41) is 0. The third-order valence-corrected chi connectivity index (χ3v) is 3.99. The number of anilines is 1. The van der Waals surface area contributed by atoms with Gasteiger partial charge >= 0.3 is 0 Å². The van der Waals surface area contributed by atoms with E-state index >= 15 is 0 Å². The van der Waals surface area contributed by atoms with Crippen LogP contribution in [0.5, 0.6) is 11.5 Å². The Morgan fingerprint density at radius 1 is 1.04 bits per heavy atom. The predicted molar refractivity (Wildman–Crippen MR) is 94.9 cm³/mol. The van der Waals surface area contributed by atoms with Crippen molar-refractivity contribution < 1.29 is 23.9 Å². The van der Waals surface area contributed by atoms with Gasteiger partial charge in [-0.15, -0.1) is 0 Å². The molecule has 0 unspecified atom stereocenters. The van der Waals surface area contributed by atoms with Crippen LogP contribution in [0.15, 0.2) is 42.5 Å². The summed E-state index contributed by atoms with van der Waals surface area (Å²) in [7, 11) is 3.02. The van der Waals surface area contributed by atoms with E-state index in [1.54, 1.807) is 24.3 Å². The molecule has 7 heteroatoms. The second-order valence-corrected chi connectivity index (χ2v) is 5.50. The van der Waals surface area contributed by atoms with E-state index in [2.05, 4.69) is 0 Å². The lowest BCUT2D eigenvalue weighted by Crippen LogP contribution is -2.34. The fraction of sp³-hybridized carbons (Fsp3) is 0.105. The molecule has 3 amide bonds.